The van der Waals surface area contributed by atoms with E-state index in [4.69, 9.17) is 0 Å². The molecule has 0 heterocycles. The molecule has 4 heteroatoms. The van der Waals surface area contributed by atoms with Gasteiger partial charge in [-0.25, -0.2) is 4.39 Å². The van der Waals surface area contributed by atoms with Gasteiger partial charge in [-0.3, -0.25) is 0 Å². The number of aliphatic hydroxyl groups excluding tert-OH is 1. The van der Waals surface area contributed by atoms with E-state index in [-0.39, 0.29) is 18.0 Å². The Kier molecular flexibility index (Phi) is 6.25. The number of halogens is 1. The van der Waals surface area contributed by atoms with Gasteiger partial charge in [0.15, 0.2) is 0 Å². The molecule has 0 saturated heterocycles. The molecule has 3 nitrogen and oxygen atoms in total. The van der Waals surface area contributed by atoms with Crippen LogP contribution in [0.2, 0.25) is 0 Å². The van der Waals surface area contributed by atoms with Crippen molar-refractivity contribution in [1.29, 1.82) is 0 Å². The Morgan fingerprint density at radius 1 is 1.37 bits per heavy atom. The highest BCUT2D eigenvalue weighted by Crippen LogP contribution is 2.18. The van der Waals surface area contributed by atoms with E-state index >= 15 is 0 Å². The van der Waals surface area contributed by atoms with E-state index < -0.39 is 0 Å². The van der Waals surface area contributed by atoms with Gasteiger partial charge in [-0.2, -0.15) is 0 Å². The van der Waals surface area contributed by atoms with Crippen molar-refractivity contribution < 1.29 is 9.50 Å². The van der Waals surface area contributed by atoms with Crippen LogP contribution >= 0.6 is 0 Å². The summed E-state index contributed by atoms with van der Waals surface area (Å²) in [6.45, 7) is 8.61. The first-order valence-electron chi connectivity index (χ1n) is 6.91. The maximum absolute atomic E-state index is 13.2. The van der Waals surface area contributed by atoms with E-state index in [1.165, 1.54) is 6.07 Å². The summed E-state index contributed by atoms with van der Waals surface area (Å²) in [5, 5.41) is 12.8. The Balaban J connectivity index is 2.67. The van der Waals surface area contributed by atoms with Crippen LogP contribution in [0.3, 0.4) is 0 Å². The topological polar surface area (TPSA) is 35.5 Å². The fourth-order valence-electron chi connectivity index (χ4n) is 2.17. The number of hydrogen-bond acceptors (Lipinski definition) is 3. The number of nitrogens with zero attached hydrogens (tertiary/aromatic N) is 1. The quantitative estimate of drug-likeness (QED) is 0.760. The smallest absolute Gasteiger partial charge is 0.125 e. The molecule has 1 aromatic rings. The van der Waals surface area contributed by atoms with Gasteiger partial charge in [0.05, 0.1) is 6.61 Å². The van der Waals surface area contributed by atoms with Crippen molar-refractivity contribution in [2.45, 2.75) is 32.7 Å². The highest BCUT2D eigenvalue weighted by Gasteiger charge is 2.22. The lowest BCUT2D eigenvalue weighted by molar-refractivity contribution is 0.169. The van der Waals surface area contributed by atoms with E-state index in [0.717, 1.165) is 31.7 Å². The van der Waals surface area contributed by atoms with Gasteiger partial charge in [-0.1, -0.05) is 13.0 Å². The van der Waals surface area contributed by atoms with Gasteiger partial charge in [0.1, 0.15) is 5.82 Å². The third-order valence-electron chi connectivity index (χ3n) is 3.44. The fraction of sp³-hybridized carbons (Fsp3) is 0.600. The second kappa shape index (κ2) is 7.46. The minimum atomic E-state index is -0.282. The normalized spacial score (nSPS) is 14.2. The Morgan fingerprint density at radius 2 is 2.11 bits per heavy atom. The average molecular weight is 268 g/mol. The Bertz CT molecular complexity index is 386. The third-order valence-corrected chi connectivity index (χ3v) is 3.44. The van der Waals surface area contributed by atoms with Gasteiger partial charge in [0.25, 0.3) is 0 Å². The van der Waals surface area contributed by atoms with Gasteiger partial charge in [-0.05, 0) is 45.0 Å². The lowest BCUT2D eigenvalue weighted by Gasteiger charge is -2.32. The molecule has 0 fully saturated rings. The van der Waals surface area contributed by atoms with Crippen LogP contribution < -0.4 is 10.2 Å². The summed E-state index contributed by atoms with van der Waals surface area (Å²) in [6, 6.07) is 6.64. The first kappa shape index (κ1) is 15.9. The third kappa shape index (κ3) is 4.80. The number of anilines is 1. The molecule has 0 aliphatic rings. The molecule has 2 N–H and O–H groups in total. The lowest BCUT2D eigenvalue weighted by Crippen LogP contribution is -2.48. The second-order valence-corrected chi connectivity index (χ2v) is 5.06. The minimum absolute atomic E-state index is 0.0988. The van der Waals surface area contributed by atoms with E-state index in [2.05, 4.69) is 17.1 Å². The van der Waals surface area contributed by atoms with Gasteiger partial charge < -0.3 is 15.3 Å². The molecule has 0 aromatic heterocycles. The number of benzene rings is 1. The molecule has 0 aliphatic heterocycles. The van der Waals surface area contributed by atoms with E-state index in [9.17, 15) is 9.50 Å². The van der Waals surface area contributed by atoms with Crippen LogP contribution in [-0.2, 0) is 0 Å². The van der Waals surface area contributed by atoms with Crippen molar-refractivity contribution in [3.63, 3.8) is 0 Å². The van der Waals surface area contributed by atoms with Crippen molar-refractivity contribution in [2.24, 2.45) is 0 Å². The van der Waals surface area contributed by atoms with Gasteiger partial charge in [-0.15, -0.1) is 0 Å². The summed E-state index contributed by atoms with van der Waals surface area (Å²) in [5.74, 6) is -0.215. The minimum Gasteiger partial charge on any atom is -0.394 e. The summed E-state index contributed by atoms with van der Waals surface area (Å²) in [4.78, 5) is 2.12. The largest absolute Gasteiger partial charge is 0.394 e. The van der Waals surface area contributed by atoms with Crippen LogP contribution in [0.15, 0.2) is 24.3 Å². The van der Waals surface area contributed by atoms with Crippen molar-refractivity contribution >= 4 is 5.69 Å². The van der Waals surface area contributed by atoms with Crippen LogP contribution in [0.5, 0.6) is 0 Å². The Labute approximate surface area is 115 Å². The highest BCUT2D eigenvalue weighted by molar-refractivity contribution is 5.46. The molecule has 1 atom stereocenters. The summed E-state index contributed by atoms with van der Waals surface area (Å²) in [6.07, 6.45) is 0.807. The molecule has 19 heavy (non-hydrogen) atoms. The number of likely N-dealkylation sites (N-methyl/N-ethyl adjacent to an activating group) is 1. The predicted molar refractivity (Wildman–Crippen MR) is 78.1 cm³/mol. The molecule has 1 unspecified atom stereocenters. The molecule has 0 amide bonds. The lowest BCUT2D eigenvalue weighted by atomic mass is 9.98. The Hall–Kier alpha value is -1.13. The summed E-state index contributed by atoms with van der Waals surface area (Å²) < 4.78 is 13.2. The van der Waals surface area contributed by atoms with Crippen molar-refractivity contribution in [1.82, 2.24) is 5.32 Å². The van der Waals surface area contributed by atoms with Crippen molar-refractivity contribution in [3.05, 3.63) is 30.1 Å². The average Bonchev–Trinajstić information content (AvgIpc) is 2.40. The number of hydrogen-bond donors (Lipinski definition) is 2. The molecule has 0 aliphatic carbocycles. The maximum Gasteiger partial charge on any atom is 0.125 e. The van der Waals surface area contributed by atoms with E-state index in [1.54, 1.807) is 12.1 Å². The van der Waals surface area contributed by atoms with Crippen LogP contribution in [0.1, 0.15) is 27.2 Å². The van der Waals surface area contributed by atoms with Crippen molar-refractivity contribution in [3.8, 4) is 0 Å². The fourth-order valence-corrected chi connectivity index (χ4v) is 2.17. The van der Waals surface area contributed by atoms with Crippen LogP contribution in [-0.4, -0.2) is 36.9 Å². The summed E-state index contributed by atoms with van der Waals surface area (Å²) >= 11 is 0. The van der Waals surface area contributed by atoms with E-state index in [1.807, 2.05) is 19.9 Å². The SMILES string of the molecule is CCNC(C)(CO)CCN(CC)c1cccc(F)c1. The Morgan fingerprint density at radius 3 is 2.63 bits per heavy atom. The monoisotopic (exact) mass is 268 g/mol. The number of rotatable bonds is 8. The first-order valence-corrected chi connectivity index (χ1v) is 6.91. The number of aliphatic hydroxyl groups is 1. The van der Waals surface area contributed by atoms with E-state index in [0.29, 0.717) is 0 Å². The molecule has 0 spiro atoms. The second-order valence-electron chi connectivity index (χ2n) is 5.06. The standard InChI is InChI=1S/C15H25FN2O/c1-4-17-15(3,12-19)9-10-18(5-2)14-8-6-7-13(16)11-14/h6-8,11,17,19H,4-5,9-10,12H2,1-3H3. The van der Waals surface area contributed by atoms with Crippen LogP contribution in [0.4, 0.5) is 10.1 Å². The summed E-state index contributed by atoms with van der Waals surface area (Å²) in [5.41, 5.74) is 0.606. The molecule has 1 aromatic carbocycles. The molecule has 108 valence electrons. The zero-order valence-electron chi connectivity index (χ0n) is 12.1. The molecule has 1 rings (SSSR count). The van der Waals surface area contributed by atoms with Gasteiger partial charge >= 0.3 is 0 Å². The van der Waals surface area contributed by atoms with Gasteiger partial charge in [0, 0.05) is 24.3 Å². The zero-order chi connectivity index (χ0) is 14.3. The molecular formula is C15H25FN2O. The summed E-state index contributed by atoms with van der Waals surface area (Å²) in [7, 11) is 0. The maximum atomic E-state index is 13.2. The highest BCUT2D eigenvalue weighted by atomic mass is 19.1. The molecular weight excluding hydrogens is 243 g/mol. The molecule has 0 radical (unpaired) electrons. The van der Waals surface area contributed by atoms with Crippen LogP contribution in [0.25, 0.3) is 0 Å². The van der Waals surface area contributed by atoms with Crippen molar-refractivity contribution in [2.75, 3.05) is 31.1 Å². The van der Waals surface area contributed by atoms with Gasteiger partial charge in [0.2, 0.25) is 0 Å². The first-order chi connectivity index (χ1) is 9.04. The predicted octanol–water partition coefficient (Wildman–Crippen LogP) is 2.40. The molecule has 0 bridgehead atoms. The zero-order valence-corrected chi connectivity index (χ0v) is 12.1. The molecule has 0 saturated carbocycles. The van der Waals surface area contributed by atoms with Crippen LogP contribution in [0, 0.1) is 5.82 Å². The number of nitrogens with one attached hydrogen (secondary N) is 1.